The fraction of sp³-hybridized carbons (Fsp3) is 0.905. The van der Waals surface area contributed by atoms with Gasteiger partial charge in [-0.2, -0.15) is 0 Å². The lowest BCUT2D eigenvalue weighted by Crippen LogP contribution is -2.57. The molecule has 3 aliphatic rings. The molecule has 2 fully saturated rings. The van der Waals surface area contributed by atoms with Gasteiger partial charge in [-0.1, -0.05) is 13.8 Å². The Morgan fingerprint density at radius 1 is 1.18 bits per heavy atom. The summed E-state index contributed by atoms with van der Waals surface area (Å²) in [7, 11) is 0. The van der Waals surface area contributed by atoms with E-state index in [1.54, 1.807) is 0 Å². The van der Waals surface area contributed by atoms with E-state index in [9.17, 15) is 4.79 Å². The molecule has 3 atom stereocenters. The summed E-state index contributed by atoms with van der Waals surface area (Å²) in [4.78, 5) is 23.8. The molecule has 0 aliphatic carbocycles. The Kier molecular flexibility index (Phi) is 6.73. The summed E-state index contributed by atoms with van der Waals surface area (Å²) in [6.07, 6.45) is 2.29. The normalized spacial score (nSPS) is 28.8. The van der Waals surface area contributed by atoms with Gasteiger partial charge in [0, 0.05) is 39.3 Å². The first-order valence-electron chi connectivity index (χ1n) is 11.0. The third-order valence-electron chi connectivity index (χ3n) is 5.74. The van der Waals surface area contributed by atoms with Crippen molar-refractivity contribution in [3.63, 3.8) is 0 Å². The molecule has 160 valence electrons. The maximum absolute atomic E-state index is 12.3. The summed E-state index contributed by atoms with van der Waals surface area (Å²) >= 11 is 0. The van der Waals surface area contributed by atoms with Crippen LogP contribution in [0.4, 0.5) is 4.79 Å². The molecule has 3 rings (SSSR count). The van der Waals surface area contributed by atoms with E-state index in [4.69, 9.17) is 9.73 Å². The highest BCUT2D eigenvalue weighted by molar-refractivity contribution is 5.82. The van der Waals surface area contributed by atoms with Gasteiger partial charge in [0.05, 0.1) is 12.6 Å². The first-order valence-corrected chi connectivity index (χ1v) is 11.0. The molecule has 3 unspecified atom stereocenters. The number of rotatable bonds is 4. The molecule has 0 radical (unpaired) electrons. The van der Waals surface area contributed by atoms with Crippen molar-refractivity contribution in [1.82, 2.24) is 20.0 Å². The van der Waals surface area contributed by atoms with Crippen molar-refractivity contribution in [1.29, 1.82) is 0 Å². The molecular weight excluding hydrogens is 354 g/mol. The molecule has 3 heterocycles. The predicted molar refractivity (Wildman–Crippen MR) is 113 cm³/mol. The van der Waals surface area contributed by atoms with E-state index in [0.29, 0.717) is 13.1 Å². The van der Waals surface area contributed by atoms with Crippen molar-refractivity contribution in [2.24, 2.45) is 16.8 Å². The van der Waals surface area contributed by atoms with Crippen LogP contribution >= 0.6 is 0 Å². The van der Waals surface area contributed by atoms with Crippen molar-refractivity contribution < 1.29 is 9.53 Å². The number of ether oxygens (including phenoxy) is 1. The van der Waals surface area contributed by atoms with Crippen LogP contribution in [-0.2, 0) is 4.74 Å². The Bertz CT molecular complexity index is 564. The molecule has 1 amide bonds. The van der Waals surface area contributed by atoms with E-state index in [2.05, 4.69) is 29.0 Å². The highest BCUT2D eigenvalue weighted by Gasteiger charge is 2.36. The molecule has 0 aromatic rings. The molecule has 0 spiro atoms. The highest BCUT2D eigenvalue weighted by atomic mass is 16.6. The maximum atomic E-state index is 12.3. The number of hydrogen-bond donors (Lipinski definition) is 1. The SMILES string of the molecule is CC1CC(C)CN(CCCNC2=NCC3CN(C(=O)OC(C)(C)C)CCN23)C1. The number of guanidine groups is 1. The van der Waals surface area contributed by atoms with Crippen molar-refractivity contribution in [2.45, 2.75) is 59.1 Å². The summed E-state index contributed by atoms with van der Waals surface area (Å²) in [5.41, 5.74) is -0.447. The number of carbonyl (C=O) groups is 1. The fourth-order valence-corrected chi connectivity index (χ4v) is 4.70. The van der Waals surface area contributed by atoms with Gasteiger partial charge < -0.3 is 24.8 Å². The van der Waals surface area contributed by atoms with E-state index >= 15 is 0 Å². The summed E-state index contributed by atoms with van der Waals surface area (Å²) in [5.74, 6) is 2.64. The zero-order chi connectivity index (χ0) is 20.3. The molecule has 0 aromatic heterocycles. The number of likely N-dealkylation sites (tertiary alicyclic amines) is 1. The van der Waals surface area contributed by atoms with E-state index in [1.165, 1.54) is 19.5 Å². The molecule has 0 saturated carbocycles. The fourth-order valence-electron chi connectivity index (χ4n) is 4.70. The zero-order valence-electron chi connectivity index (χ0n) is 18.4. The van der Waals surface area contributed by atoms with E-state index < -0.39 is 5.60 Å². The number of fused-ring (bicyclic) bond motifs is 1. The Hall–Kier alpha value is -1.50. The van der Waals surface area contributed by atoms with Gasteiger partial charge in [-0.25, -0.2) is 4.79 Å². The molecule has 2 saturated heterocycles. The van der Waals surface area contributed by atoms with Crippen LogP contribution in [0, 0.1) is 11.8 Å². The Balaban J connectivity index is 1.37. The quantitative estimate of drug-likeness (QED) is 0.742. The first-order chi connectivity index (χ1) is 13.2. The minimum atomic E-state index is -0.447. The lowest BCUT2D eigenvalue weighted by Gasteiger charge is -2.39. The van der Waals surface area contributed by atoms with Crippen LogP contribution in [0.1, 0.15) is 47.5 Å². The minimum Gasteiger partial charge on any atom is -0.444 e. The number of amides is 1. The van der Waals surface area contributed by atoms with Gasteiger partial charge in [-0.05, 0) is 52.0 Å². The first kappa shape index (κ1) is 21.2. The molecule has 3 aliphatic heterocycles. The van der Waals surface area contributed by atoms with Crippen LogP contribution < -0.4 is 5.32 Å². The Labute approximate surface area is 170 Å². The number of nitrogens with one attached hydrogen (secondary N) is 1. The molecule has 28 heavy (non-hydrogen) atoms. The van der Waals surface area contributed by atoms with Gasteiger partial charge in [-0.15, -0.1) is 0 Å². The van der Waals surface area contributed by atoms with Gasteiger partial charge in [0.2, 0.25) is 0 Å². The molecule has 1 N–H and O–H groups in total. The Morgan fingerprint density at radius 3 is 2.57 bits per heavy atom. The standard InChI is InChI=1S/C21H39N5O2/c1-16-11-17(2)14-24(13-16)8-6-7-22-19-23-12-18-15-25(9-10-26(18)19)20(27)28-21(3,4)5/h16-18H,6-15H2,1-5H3,(H,22,23). The highest BCUT2D eigenvalue weighted by Crippen LogP contribution is 2.21. The van der Waals surface area contributed by atoms with Crippen LogP contribution in [0.5, 0.6) is 0 Å². The van der Waals surface area contributed by atoms with Crippen LogP contribution in [0.2, 0.25) is 0 Å². The maximum Gasteiger partial charge on any atom is 0.410 e. The second-order valence-electron chi connectivity index (χ2n) is 9.92. The van der Waals surface area contributed by atoms with Gasteiger partial charge in [0.25, 0.3) is 0 Å². The number of aliphatic imine (C=N–C) groups is 1. The van der Waals surface area contributed by atoms with Crippen LogP contribution in [0.25, 0.3) is 0 Å². The number of hydrogen-bond acceptors (Lipinski definition) is 6. The second kappa shape index (κ2) is 8.89. The largest absolute Gasteiger partial charge is 0.444 e. The minimum absolute atomic E-state index is 0.210. The van der Waals surface area contributed by atoms with Crippen molar-refractivity contribution in [3.05, 3.63) is 0 Å². The molecule has 7 heteroatoms. The number of carbonyl (C=O) groups excluding carboxylic acids is 1. The monoisotopic (exact) mass is 393 g/mol. The van der Waals surface area contributed by atoms with Crippen molar-refractivity contribution in [2.75, 3.05) is 52.4 Å². The van der Waals surface area contributed by atoms with Gasteiger partial charge in [0.15, 0.2) is 5.96 Å². The molecular formula is C21H39N5O2. The summed E-state index contributed by atoms with van der Waals surface area (Å²) in [6, 6.07) is 0.271. The average molecular weight is 394 g/mol. The van der Waals surface area contributed by atoms with Gasteiger partial charge in [0.1, 0.15) is 5.60 Å². The number of nitrogens with zero attached hydrogens (tertiary/aromatic N) is 4. The number of piperazine rings is 1. The zero-order valence-corrected chi connectivity index (χ0v) is 18.4. The van der Waals surface area contributed by atoms with Gasteiger partial charge >= 0.3 is 6.09 Å². The topological polar surface area (TPSA) is 60.4 Å². The van der Waals surface area contributed by atoms with Crippen LogP contribution in [0.15, 0.2) is 4.99 Å². The smallest absolute Gasteiger partial charge is 0.410 e. The summed E-state index contributed by atoms with van der Waals surface area (Å²) < 4.78 is 5.52. The van der Waals surface area contributed by atoms with E-state index in [-0.39, 0.29) is 12.1 Å². The molecule has 7 nitrogen and oxygen atoms in total. The number of piperidine rings is 1. The lowest BCUT2D eigenvalue weighted by atomic mass is 9.92. The van der Waals surface area contributed by atoms with Crippen LogP contribution in [0.3, 0.4) is 0 Å². The Morgan fingerprint density at radius 2 is 1.89 bits per heavy atom. The lowest BCUT2D eigenvalue weighted by molar-refractivity contribution is 0.0137. The van der Waals surface area contributed by atoms with Gasteiger partial charge in [-0.3, -0.25) is 4.99 Å². The third kappa shape index (κ3) is 5.75. The van der Waals surface area contributed by atoms with Crippen molar-refractivity contribution >= 4 is 12.1 Å². The van der Waals surface area contributed by atoms with E-state index in [1.807, 2.05) is 25.7 Å². The van der Waals surface area contributed by atoms with Crippen LogP contribution in [-0.4, -0.2) is 90.8 Å². The molecule has 0 aromatic carbocycles. The molecule has 0 bridgehead atoms. The van der Waals surface area contributed by atoms with E-state index in [0.717, 1.165) is 50.4 Å². The second-order valence-corrected chi connectivity index (χ2v) is 9.92. The predicted octanol–water partition coefficient (Wildman–Crippen LogP) is 2.23. The average Bonchev–Trinajstić information content (AvgIpc) is 2.98. The summed E-state index contributed by atoms with van der Waals surface area (Å²) in [6.45, 7) is 18.0. The summed E-state index contributed by atoms with van der Waals surface area (Å²) in [5, 5.41) is 3.54. The third-order valence-corrected chi connectivity index (χ3v) is 5.74. The van der Waals surface area contributed by atoms with Crippen molar-refractivity contribution in [3.8, 4) is 0 Å².